The maximum absolute atomic E-state index is 13.1. The van der Waals surface area contributed by atoms with E-state index in [1.807, 2.05) is 20.8 Å². The molecule has 0 aliphatic carbocycles. The minimum atomic E-state index is -2.80. The number of non-ortho nitro benzene ring substituents is 1. The molecule has 0 amide bonds. The number of rotatable bonds is 6. The lowest BCUT2D eigenvalue weighted by molar-refractivity contribution is -0.385. The first kappa shape index (κ1) is 16.3. The molecule has 0 saturated heterocycles. The lowest BCUT2D eigenvalue weighted by atomic mass is 9.88. The van der Waals surface area contributed by atoms with Gasteiger partial charge >= 0.3 is 0 Å². The molecular weight excluding hydrogens is 268 g/mol. The molecule has 1 atom stereocenters. The van der Waals surface area contributed by atoms with Crippen molar-refractivity contribution in [3.8, 4) is 0 Å². The minimum absolute atomic E-state index is 0.105. The maximum atomic E-state index is 13.1. The van der Waals surface area contributed by atoms with Crippen LogP contribution >= 0.6 is 0 Å². The van der Waals surface area contributed by atoms with E-state index in [9.17, 15) is 18.9 Å². The Morgan fingerprint density at radius 2 is 2.05 bits per heavy atom. The second-order valence-electron chi connectivity index (χ2n) is 5.23. The molecule has 0 fully saturated rings. The Morgan fingerprint density at radius 1 is 1.45 bits per heavy atom. The number of nitrogens with one attached hydrogen (secondary N) is 1. The van der Waals surface area contributed by atoms with Gasteiger partial charge in [0.05, 0.1) is 4.92 Å². The Balaban J connectivity index is 3.21. The quantitative estimate of drug-likeness (QED) is 0.621. The van der Waals surface area contributed by atoms with E-state index in [2.05, 4.69) is 5.32 Å². The lowest BCUT2D eigenvalue weighted by Gasteiger charge is -2.35. The summed E-state index contributed by atoms with van der Waals surface area (Å²) in [5.41, 5.74) is 4.56. The van der Waals surface area contributed by atoms with E-state index in [1.165, 1.54) is 12.1 Å². The third-order valence-corrected chi connectivity index (χ3v) is 3.60. The Kier molecular flexibility index (Phi) is 4.99. The van der Waals surface area contributed by atoms with Crippen LogP contribution in [0.3, 0.4) is 0 Å². The van der Waals surface area contributed by atoms with Crippen molar-refractivity contribution >= 4 is 11.4 Å². The number of halogens is 2. The first-order chi connectivity index (χ1) is 9.21. The van der Waals surface area contributed by atoms with Crippen LogP contribution in [0.5, 0.6) is 0 Å². The van der Waals surface area contributed by atoms with Gasteiger partial charge in [-0.2, -0.15) is 0 Å². The van der Waals surface area contributed by atoms with Crippen molar-refractivity contribution in [2.45, 2.75) is 32.7 Å². The average molecular weight is 287 g/mol. The Hall–Kier alpha value is -1.76. The van der Waals surface area contributed by atoms with Crippen LogP contribution in [-0.4, -0.2) is 17.0 Å². The van der Waals surface area contributed by atoms with E-state index in [0.717, 1.165) is 6.07 Å². The number of nitrogens with zero attached hydrogens (tertiary/aromatic N) is 1. The summed E-state index contributed by atoms with van der Waals surface area (Å²) in [7, 11) is 0. The van der Waals surface area contributed by atoms with E-state index in [0.29, 0.717) is 0 Å². The van der Waals surface area contributed by atoms with Gasteiger partial charge in [0.2, 0.25) is 0 Å². The molecule has 0 saturated carbocycles. The van der Waals surface area contributed by atoms with Gasteiger partial charge in [0.1, 0.15) is 0 Å². The van der Waals surface area contributed by atoms with Gasteiger partial charge in [-0.25, -0.2) is 8.78 Å². The van der Waals surface area contributed by atoms with Gasteiger partial charge < -0.3 is 11.1 Å². The monoisotopic (exact) mass is 287 g/mol. The molecule has 1 aromatic rings. The van der Waals surface area contributed by atoms with Gasteiger partial charge in [0, 0.05) is 35.5 Å². The third kappa shape index (κ3) is 3.41. The van der Waals surface area contributed by atoms with Crippen molar-refractivity contribution in [1.82, 2.24) is 0 Å². The van der Waals surface area contributed by atoms with E-state index < -0.39 is 16.9 Å². The van der Waals surface area contributed by atoms with Gasteiger partial charge in [0.15, 0.2) is 0 Å². The normalized spacial score (nSPS) is 14.4. The van der Waals surface area contributed by atoms with Crippen LogP contribution < -0.4 is 11.1 Å². The molecule has 20 heavy (non-hydrogen) atoms. The molecule has 7 heteroatoms. The van der Waals surface area contributed by atoms with Crippen molar-refractivity contribution in [2.75, 3.05) is 11.9 Å². The molecule has 0 spiro atoms. The lowest BCUT2D eigenvalue weighted by Crippen LogP contribution is -2.47. The Bertz CT molecular complexity index is 495. The van der Waals surface area contributed by atoms with Gasteiger partial charge in [-0.15, -0.1) is 0 Å². The van der Waals surface area contributed by atoms with Crippen molar-refractivity contribution in [3.05, 3.63) is 33.9 Å². The first-order valence-electron chi connectivity index (χ1n) is 6.26. The van der Waals surface area contributed by atoms with E-state index >= 15 is 0 Å². The SMILES string of the molecule is CC(C)C(C)(CN)Nc1ccc([N+](=O)[O-])cc1C(F)F. The summed E-state index contributed by atoms with van der Waals surface area (Å²) in [5.74, 6) is 0.105. The van der Waals surface area contributed by atoms with Crippen LogP contribution in [-0.2, 0) is 0 Å². The highest BCUT2D eigenvalue weighted by atomic mass is 19.3. The fourth-order valence-corrected chi connectivity index (χ4v) is 1.70. The van der Waals surface area contributed by atoms with E-state index in [4.69, 9.17) is 5.73 Å². The molecule has 0 aliphatic heterocycles. The predicted molar refractivity (Wildman–Crippen MR) is 74.0 cm³/mol. The molecule has 0 radical (unpaired) electrons. The van der Waals surface area contributed by atoms with Gasteiger partial charge in [-0.1, -0.05) is 13.8 Å². The highest BCUT2D eigenvalue weighted by molar-refractivity contribution is 5.58. The van der Waals surface area contributed by atoms with Crippen molar-refractivity contribution in [2.24, 2.45) is 11.7 Å². The number of hydrogen-bond donors (Lipinski definition) is 2. The summed E-state index contributed by atoms with van der Waals surface area (Å²) in [6, 6.07) is 3.39. The molecular formula is C13H19F2N3O2. The highest BCUT2D eigenvalue weighted by Crippen LogP contribution is 2.33. The standard InChI is InChI=1S/C13H19F2N3O2/c1-8(2)13(3,7-16)17-11-5-4-9(18(19)20)6-10(11)12(14)15/h4-6,8,12,17H,7,16H2,1-3H3. The molecule has 0 aromatic heterocycles. The molecule has 1 rings (SSSR count). The zero-order valence-electron chi connectivity index (χ0n) is 11.7. The Morgan fingerprint density at radius 3 is 2.45 bits per heavy atom. The van der Waals surface area contributed by atoms with Crippen LogP contribution in [0, 0.1) is 16.0 Å². The summed E-state index contributed by atoms with van der Waals surface area (Å²) < 4.78 is 26.1. The molecule has 1 aromatic carbocycles. The Labute approximate surface area is 116 Å². The van der Waals surface area contributed by atoms with Crippen LogP contribution in [0.1, 0.15) is 32.8 Å². The number of anilines is 1. The summed E-state index contributed by atoms with van der Waals surface area (Å²) in [6.07, 6.45) is -2.80. The number of nitro benzene ring substituents is 1. The number of nitro groups is 1. The number of hydrogen-bond acceptors (Lipinski definition) is 4. The maximum Gasteiger partial charge on any atom is 0.270 e. The van der Waals surface area contributed by atoms with Gasteiger partial charge in [0.25, 0.3) is 12.1 Å². The zero-order chi connectivity index (χ0) is 15.5. The fraction of sp³-hybridized carbons (Fsp3) is 0.538. The fourth-order valence-electron chi connectivity index (χ4n) is 1.70. The van der Waals surface area contributed by atoms with Crippen LogP contribution in [0.25, 0.3) is 0 Å². The number of nitrogens with two attached hydrogens (primary N) is 1. The average Bonchev–Trinajstić information content (AvgIpc) is 2.38. The molecule has 5 nitrogen and oxygen atoms in total. The number of benzene rings is 1. The summed E-state index contributed by atoms with van der Waals surface area (Å²) in [6.45, 7) is 5.93. The summed E-state index contributed by atoms with van der Waals surface area (Å²) in [5, 5.41) is 13.6. The van der Waals surface area contributed by atoms with Crippen LogP contribution in [0.4, 0.5) is 20.2 Å². The molecule has 0 heterocycles. The predicted octanol–water partition coefficient (Wildman–Crippen LogP) is 3.32. The minimum Gasteiger partial charge on any atom is -0.378 e. The topological polar surface area (TPSA) is 81.2 Å². The number of alkyl halides is 2. The molecule has 0 aliphatic rings. The summed E-state index contributed by atoms with van der Waals surface area (Å²) >= 11 is 0. The largest absolute Gasteiger partial charge is 0.378 e. The molecule has 0 bridgehead atoms. The second kappa shape index (κ2) is 6.13. The van der Waals surface area contributed by atoms with E-state index in [-0.39, 0.29) is 29.4 Å². The smallest absolute Gasteiger partial charge is 0.270 e. The van der Waals surface area contributed by atoms with Gasteiger partial charge in [-0.05, 0) is 18.9 Å². The van der Waals surface area contributed by atoms with E-state index in [1.54, 1.807) is 0 Å². The highest BCUT2D eigenvalue weighted by Gasteiger charge is 2.29. The molecule has 3 N–H and O–H groups in total. The molecule has 1 unspecified atom stereocenters. The summed E-state index contributed by atoms with van der Waals surface area (Å²) in [4.78, 5) is 9.96. The first-order valence-corrected chi connectivity index (χ1v) is 6.26. The van der Waals surface area contributed by atoms with Crippen molar-refractivity contribution < 1.29 is 13.7 Å². The van der Waals surface area contributed by atoms with Crippen molar-refractivity contribution in [1.29, 1.82) is 0 Å². The third-order valence-electron chi connectivity index (χ3n) is 3.60. The second-order valence-corrected chi connectivity index (χ2v) is 5.23. The van der Waals surface area contributed by atoms with Crippen LogP contribution in [0.2, 0.25) is 0 Å². The zero-order valence-corrected chi connectivity index (χ0v) is 11.7. The van der Waals surface area contributed by atoms with Crippen LogP contribution in [0.15, 0.2) is 18.2 Å². The van der Waals surface area contributed by atoms with Gasteiger partial charge in [-0.3, -0.25) is 10.1 Å². The molecule has 112 valence electrons. The van der Waals surface area contributed by atoms with Crippen molar-refractivity contribution in [3.63, 3.8) is 0 Å².